The van der Waals surface area contributed by atoms with Crippen LogP contribution in [0.25, 0.3) is 0 Å². The van der Waals surface area contributed by atoms with Crippen molar-refractivity contribution in [2.24, 2.45) is 11.8 Å². The molecule has 102 valence electrons. The Balaban J connectivity index is 2.12. The first-order valence-electron chi connectivity index (χ1n) is 6.55. The van der Waals surface area contributed by atoms with Crippen molar-refractivity contribution in [3.8, 4) is 0 Å². The number of amides is 1. The van der Waals surface area contributed by atoms with E-state index in [-0.39, 0.29) is 17.4 Å². The minimum absolute atomic E-state index is 0.00630. The number of ether oxygens (including phenoxy) is 1. The number of carbonyl (C=O) groups excluding carboxylic acids is 1. The summed E-state index contributed by atoms with van der Waals surface area (Å²) in [5.41, 5.74) is -0.332. The molecule has 2 aliphatic rings. The van der Waals surface area contributed by atoms with Gasteiger partial charge in [0.05, 0.1) is 30.6 Å². The van der Waals surface area contributed by atoms with Crippen LogP contribution in [0.3, 0.4) is 0 Å². The van der Waals surface area contributed by atoms with Gasteiger partial charge in [0, 0.05) is 6.54 Å². The Morgan fingerprint density at radius 3 is 2.56 bits per heavy atom. The summed E-state index contributed by atoms with van der Waals surface area (Å²) in [5.74, 6) is -1.69. The molecule has 1 heterocycles. The molecule has 1 aliphatic carbocycles. The van der Waals surface area contributed by atoms with Gasteiger partial charge in [-0.1, -0.05) is 6.42 Å². The van der Waals surface area contributed by atoms with Crippen molar-refractivity contribution < 1.29 is 19.4 Å². The molecule has 2 unspecified atom stereocenters. The Hall–Kier alpha value is -1.10. The Morgan fingerprint density at radius 1 is 1.28 bits per heavy atom. The van der Waals surface area contributed by atoms with Crippen molar-refractivity contribution in [1.29, 1.82) is 0 Å². The molecule has 1 amide bonds. The van der Waals surface area contributed by atoms with Gasteiger partial charge in [-0.25, -0.2) is 0 Å². The topological polar surface area (TPSA) is 66.8 Å². The number of nitrogens with zero attached hydrogens (tertiary/aromatic N) is 1. The average Bonchev–Trinajstić information content (AvgIpc) is 2.76. The van der Waals surface area contributed by atoms with Crippen LogP contribution in [0.15, 0.2) is 0 Å². The summed E-state index contributed by atoms with van der Waals surface area (Å²) in [6.07, 6.45) is 2.15. The third-order valence-electron chi connectivity index (χ3n) is 4.06. The largest absolute Gasteiger partial charge is 0.481 e. The molecule has 1 saturated heterocycles. The van der Waals surface area contributed by atoms with E-state index in [1.54, 1.807) is 0 Å². The summed E-state index contributed by atoms with van der Waals surface area (Å²) in [6, 6.07) is 0. The van der Waals surface area contributed by atoms with Gasteiger partial charge >= 0.3 is 5.97 Å². The molecule has 0 bridgehead atoms. The summed E-state index contributed by atoms with van der Waals surface area (Å²) in [5, 5.41) is 9.17. The van der Waals surface area contributed by atoms with Crippen molar-refractivity contribution >= 4 is 11.9 Å². The van der Waals surface area contributed by atoms with Crippen LogP contribution in [0.4, 0.5) is 0 Å². The Bertz CT molecular complexity index is 353. The Morgan fingerprint density at radius 2 is 1.94 bits per heavy atom. The summed E-state index contributed by atoms with van der Waals surface area (Å²) < 4.78 is 5.39. The highest BCUT2D eigenvalue weighted by Gasteiger charge is 2.43. The van der Waals surface area contributed by atoms with Crippen molar-refractivity contribution in [3.05, 3.63) is 0 Å². The number of hydrogen-bond acceptors (Lipinski definition) is 3. The van der Waals surface area contributed by atoms with Crippen LogP contribution in [-0.2, 0) is 14.3 Å². The van der Waals surface area contributed by atoms with Crippen LogP contribution in [0.2, 0.25) is 0 Å². The van der Waals surface area contributed by atoms with Gasteiger partial charge in [-0.3, -0.25) is 9.59 Å². The fourth-order valence-corrected chi connectivity index (χ4v) is 3.02. The number of carbonyl (C=O) groups is 2. The maximum Gasteiger partial charge on any atom is 0.307 e. The van der Waals surface area contributed by atoms with Crippen molar-refractivity contribution in [2.45, 2.75) is 38.6 Å². The quantitative estimate of drug-likeness (QED) is 0.803. The monoisotopic (exact) mass is 255 g/mol. The number of rotatable bonds is 2. The normalized spacial score (nSPS) is 31.3. The van der Waals surface area contributed by atoms with Crippen LogP contribution in [0.1, 0.15) is 33.1 Å². The molecule has 1 saturated carbocycles. The van der Waals surface area contributed by atoms with E-state index in [0.29, 0.717) is 32.6 Å². The maximum absolute atomic E-state index is 12.5. The molecule has 5 nitrogen and oxygen atoms in total. The van der Waals surface area contributed by atoms with E-state index in [1.165, 1.54) is 0 Å². The van der Waals surface area contributed by atoms with Crippen LogP contribution >= 0.6 is 0 Å². The average molecular weight is 255 g/mol. The highest BCUT2D eigenvalue weighted by molar-refractivity contribution is 5.85. The summed E-state index contributed by atoms with van der Waals surface area (Å²) in [6.45, 7) is 5.56. The summed E-state index contributed by atoms with van der Waals surface area (Å²) >= 11 is 0. The highest BCUT2D eigenvalue weighted by atomic mass is 16.5. The number of carboxylic acid groups (broad SMARTS) is 1. The van der Waals surface area contributed by atoms with Gasteiger partial charge in [0.2, 0.25) is 5.91 Å². The SMILES string of the molecule is CC1(C)COCCN1C(=O)C1CCCC1C(=O)O. The molecule has 2 atom stereocenters. The predicted molar refractivity (Wildman–Crippen MR) is 65.1 cm³/mol. The van der Waals surface area contributed by atoms with Gasteiger partial charge in [0.1, 0.15) is 0 Å². The lowest BCUT2D eigenvalue weighted by atomic mass is 9.92. The van der Waals surface area contributed by atoms with Crippen molar-refractivity contribution in [1.82, 2.24) is 4.90 Å². The molecule has 18 heavy (non-hydrogen) atoms. The minimum Gasteiger partial charge on any atom is -0.481 e. The molecule has 5 heteroatoms. The number of aliphatic carboxylic acids is 1. The maximum atomic E-state index is 12.5. The van der Waals surface area contributed by atoms with Crippen LogP contribution in [0, 0.1) is 11.8 Å². The molecule has 0 radical (unpaired) electrons. The van der Waals surface area contributed by atoms with Crippen LogP contribution < -0.4 is 0 Å². The van der Waals surface area contributed by atoms with Crippen LogP contribution in [-0.4, -0.2) is 47.2 Å². The zero-order valence-corrected chi connectivity index (χ0v) is 11.0. The first-order chi connectivity index (χ1) is 8.43. The molecule has 1 N–H and O–H groups in total. The highest BCUT2D eigenvalue weighted by Crippen LogP contribution is 2.35. The van der Waals surface area contributed by atoms with Crippen molar-refractivity contribution in [2.75, 3.05) is 19.8 Å². The Kier molecular flexibility index (Phi) is 3.61. The van der Waals surface area contributed by atoms with E-state index < -0.39 is 11.9 Å². The van der Waals surface area contributed by atoms with Crippen molar-refractivity contribution in [3.63, 3.8) is 0 Å². The molecular weight excluding hydrogens is 234 g/mol. The molecule has 0 aromatic carbocycles. The minimum atomic E-state index is -0.836. The van der Waals surface area contributed by atoms with Gasteiger partial charge in [-0.05, 0) is 26.7 Å². The second kappa shape index (κ2) is 4.88. The van der Waals surface area contributed by atoms with E-state index in [2.05, 4.69) is 0 Å². The fraction of sp³-hybridized carbons (Fsp3) is 0.846. The van der Waals surface area contributed by atoms with E-state index in [1.807, 2.05) is 18.7 Å². The van der Waals surface area contributed by atoms with Gasteiger partial charge in [-0.15, -0.1) is 0 Å². The lowest BCUT2D eigenvalue weighted by molar-refractivity contribution is -0.157. The zero-order chi connectivity index (χ0) is 13.3. The van der Waals surface area contributed by atoms with Crippen LogP contribution in [0.5, 0.6) is 0 Å². The molecule has 0 aromatic heterocycles. The lowest BCUT2D eigenvalue weighted by Gasteiger charge is -2.43. The third-order valence-corrected chi connectivity index (χ3v) is 4.06. The number of carboxylic acids is 1. The van der Waals surface area contributed by atoms with Gasteiger partial charge in [0.15, 0.2) is 0 Å². The summed E-state index contributed by atoms with van der Waals surface area (Å²) in [7, 11) is 0. The lowest BCUT2D eigenvalue weighted by Crippen LogP contribution is -2.57. The molecule has 0 spiro atoms. The first-order valence-corrected chi connectivity index (χ1v) is 6.55. The number of morpholine rings is 1. The zero-order valence-electron chi connectivity index (χ0n) is 11.0. The van der Waals surface area contributed by atoms with E-state index in [9.17, 15) is 9.59 Å². The fourth-order valence-electron chi connectivity index (χ4n) is 3.02. The standard InChI is InChI=1S/C13H21NO4/c1-13(2)8-18-7-6-14(13)11(15)9-4-3-5-10(9)12(16)17/h9-10H,3-8H2,1-2H3,(H,16,17). The molecule has 2 fully saturated rings. The van der Waals surface area contributed by atoms with Gasteiger partial charge in [0.25, 0.3) is 0 Å². The molecule has 1 aliphatic heterocycles. The molecule has 2 rings (SSSR count). The van der Waals surface area contributed by atoms with Gasteiger partial charge in [-0.2, -0.15) is 0 Å². The van der Waals surface area contributed by atoms with E-state index in [4.69, 9.17) is 9.84 Å². The van der Waals surface area contributed by atoms with E-state index in [0.717, 1.165) is 6.42 Å². The third kappa shape index (κ3) is 2.36. The smallest absolute Gasteiger partial charge is 0.307 e. The second-order valence-corrected chi connectivity index (χ2v) is 5.84. The first kappa shape index (κ1) is 13.3. The number of hydrogen-bond donors (Lipinski definition) is 1. The predicted octanol–water partition coefficient (Wildman–Crippen LogP) is 1.12. The van der Waals surface area contributed by atoms with E-state index >= 15 is 0 Å². The summed E-state index contributed by atoms with van der Waals surface area (Å²) in [4.78, 5) is 25.5. The molecule has 0 aromatic rings. The van der Waals surface area contributed by atoms with Gasteiger partial charge < -0.3 is 14.7 Å². The Labute approximate surface area is 107 Å². The second-order valence-electron chi connectivity index (χ2n) is 5.84. The molecular formula is C13H21NO4.